The van der Waals surface area contributed by atoms with Crippen molar-refractivity contribution < 1.29 is 24.1 Å². The molecule has 0 bridgehead atoms. The first-order valence-corrected chi connectivity index (χ1v) is 8.43. The Bertz CT molecular complexity index is 520. The van der Waals surface area contributed by atoms with Gasteiger partial charge < -0.3 is 19.3 Å². The zero-order chi connectivity index (χ0) is 18.3. The number of hydrogen-bond donors (Lipinski definition) is 1. The lowest BCUT2D eigenvalue weighted by atomic mass is 10.1. The lowest BCUT2D eigenvalue weighted by Crippen LogP contribution is -2.13. The summed E-state index contributed by atoms with van der Waals surface area (Å²) in [5.74, 6) is -0.912. The van der Waals surface area contributed by atoms with Gasteiger partial charge in [-0.1, -0.05) is 42.5 Å². The normalized spacial score (nSPS) is 13.1. The minimum atomic E-state index is -0.912. The summed E-state index contributed by atoms with van der Waals surface area (Å²) in [7, 11) is 3.19. The zero-order valence-corrected chi connectivity index (χ0v) is 15.0. The van der Waals surface area contributed by atoms with Crippen LogP contribution in [0.1, 0.15) is 31.2 Å². The van der Waals surface area contributed by atoms with Crippen molar-refractivity contribution in [2.75, 3.05) is 14.2 Å². The van der Waals surface area contributed by atoms with Crippen molar-refractivity contribution in [3.8, 4) is 0 Å². The minimum absolute atomic E-state index is 0.0593. The van der Waals surface area contributed by atoms with Crippen LogP contribution in [0.2, 0.25) is 0 Å². The van der Waals surface area contributed by atoms with Gasteiger partial charge in [-0.3, -0.25) is 0 Å². The van der Waals surface area contributed by atoms with E-state index in [4.69, 9.17) is 19.3 Å². The molecule has 0 aliphatic heterocycles. The Morgan fingerprint density at radius 1 is 1.16 bits per heavy atom. The van der Waals surface area contributed by atoms with Crippen LogP contribution in [0.4, 0.5) is 0 Å². The van der Waals surface area contributed by atoms with Gasteiger partial charge in [0.05, 0.1) is 12.7 Å². The van der Waals surface area contributed by atoms with E-state index in [0.29, 0.717) is 6.61 Å². The molecule has 0 amide bonds. The number of rotatable bonds is 13. The summed E-state index contributed by atoms with van der Waals surface area (Å²) in [6.45, 7) is 0.558. The fourth-order valence-electron chi connectivity index (χ4n) is 2.30. The summed E-state index contributed by atoms with van der Waals surface area (Å²) in [5.41, 5.74) is 1.13. The number of carboxylic acid groups (broad SMARTS) is 1. The summed E-state index contributed by atoms with van der Waals surface area (Å²) in [6.07, 6.45) is 9.63. The number of aliphatic carboxylic acids is 1. The first-order valence-electron chi connectivity index (χ1n) is 8.43. The van der Waals surface area contributed by atoms with Gasteiger partial charge in [-0.2, -0.15) is 0 Å². The second-order valence-electron chi connectivity index (χ2n) is 5.59. The standard InChI is InChI=1S/C20H28O5/c1-23-20(24-2)15-9-13-18(12-7-4-8-14-19(21)22)25-16-17-10-5-3-6-11-17/h3,5-6,8-11,14-15,18,20H,4,7,12-13,16H2,1-2H3,(H,21,22)/b14-8-,15-9+/t18-/m1/s1. The van der Waals surface area contributed by atoms with Crippen molar-refractivity contribution in [2.24, 2.45) is 0 Å². The molecule has 1 N–H and O–H groups in total. The van der Waals surface area contributed by atoms with Crippen LogP contribution in [-0.2, 0) is 25.6 Å². The van der Waals surface area contributed by atoms with Crippen LogP contribution in [0.5, 0.6) is 0 Å². The van der Waals surface area contributed by atoms with Crippen molar-refractivity contribution >= 4 is 5.97 Å². The maximum absolute atomic E-state index is 10.5. The third-order valence-electron chi connectivity index (χ3n) is 3.64. The number of hydrogen-bond acceptors (Lipinski definition) is 4. The number of methoxy groups -OCH3 is 2. The van der Waals surface area contributed by atoms with Crippen LogP contribution in [0.3, 0.4) is 0 Å². The van der Waals surface area contributed by atoms with Crippen molar-refractivity contribution in [1.29, 1.82) is 0 Å². The number of allylic oxidation sites excluding steroid dienone is 1. The van der Waals surface area contributed by atoms with Gasteiger partial charge in [-0.15, -0.1) is 0 Å². The van der Waals surface area contributed by atoms with E-state index >= 15 is 0 Å². The third-order valence-corrected chi connectivity index (χ3v) is 3.64. The summed E-state index contributed by atoms with van der Waals surface area (Å²) < 4.78 is 16.3. The lowest BCUT2D eigenvalue weighted by molar-refractivity contribution is -0.131. The smallest absolute Gasteiger partial charge is 0.327 e. The van der Waals surface area contributed by atoms with Crippen molar-refractivity contribution in [2.45, 2.75) is 44.7 Å². The molecule has 0 aromatic heterocycles. The van der Waals surface area contributed by atoms with Crippen molar-refractivity contribution in [3.63, 3.8) is 0 Å². The quantitative estimate of drug-likeness (QED) is 0.253. The highest BCUT2D eigenvalue weighted by Gasteiger charge is 2.08. The summed E-state index contributed by atoms with van der Waals surface area (Å²) >= 11 is 0. The van der Waals surface area contributed by atoms with E-state index in [9.17, 15) is 4.79 Å². The molecule has 0 aliphatic carbocycles. The molecular formula is C20H28O5. The van der Waals surface area contributed by atoms with Crippen LogP contribution in [0, 0.1) is 0 Å². The summed E-state index contributed by atoms with van der Waals surface area (Å²) in [6, 6.07) is 10.0. The Balaban J connectivity index is 2.48. The Kier molecular flexibility index (Phi) is 11.3. The second-order valence-corrected chi connectivity index (χ2v) is 5.59. The maximum Gasteiger partial charge on any atom is 0.327 e. The SMILES string of the molecule is COC(/C=C/C[C@@H](CCC/C=C\C(=O)O)OCc1ccccc1)OC. The van der Waals surface area contributed by atoms with E-state index in [-0.39, 0.29) is 12.4 Å². The molecule has 25 heavy (non-hydrogen) atoms. The van der Waals surface area contributed by atoms with Crippen molar-refractivity contribution in [3.05, 3.63) is 60.2 Å². The van der Waals surface area contributed by atoms with E-state index < -0.39 is 5.97 Å². The van der Waals surface area contributed by atoms with Crippen LogP contribution in [0.15, 0.2) is 54.6 Å². The molecule has 0 radical (unpaired) electrons. The highest BCUT2D eigenvalue weighted by Crippen LogP contribution is 2.14. The van der Waals surface area contributed by atoms with Gasteiger partial charge in [-0.25, -0.2) is 4.79 Å². The van der Waals surface area contributed by atoms with E-state index in [1.807, 2.05) is 42.5 Å². The number of carbonyl (C=O) groups is 1. The molecule has 0 saturated heterocycles. The van der Waals surface area contributed by atoms with Gasteiger partial charge in [0.2, 0.25) is 0 Å². The Hall–Kier alpha value is -1.95. The molecule has 1 rings (SSSR count). The van der Waals surface area contributed by atoms with Gasteiger partial charge in [0.15, 0.2) is 6.29 Å². The molecule has 138 valence electrons. The predicted octanol–water partition coefficient (Wildman–Crippen LogP) is 3.95. The molecule has 0 aliphatic rings. The van der Waals surface area contributed by atoms with Crippen LogP contribution < -0.4 is 0 Å². The predicted molar refractivity (Wildman–Crippen MR) is 97.2 cm³/mol. The number of unbranched alkanes of at least 4 members (excludes halogenated alkanes) is 1. The Morgan fingerprint density at radius 3 is 2.52 bits per heavy atom. The lowest BCUT2D eigenvalue weighted by Gasteiger charge is -2.17. The first-order chi connectivity index (χ1) is 12.2. The van der Waals surface area contributed by atoms with Gasteiger partial charge in [0.25, 0.3) is 0 Å². The van der Waals surface area contributed by atoms with E-state index in [1.54, 1.807) is 20.3 Å². The molecule has 1 aromatic carbocycles. The minimum Gasteiger partial charge on any atom is -0.478 e. The Labute approximate surface area is 149 Å². The molecule has 0 spiro atoms. The second kappa shape index (κ2) is 13.4. The monoisotopic (exact) mass is 348 g/mol. The van der Waals surface area contributed by atoms with Gasteiger partial charge >= 0.3 is 5.97 Å². The van der Waals surface area contributed by atoms with E-state index in [1.165, 1.54) is 6.08 Å². The molecule has 5 nitrogen and oxygen atoms in total. The summed E-state index contributed by atoms with van der Waals surface area (Å²) in [5, 5.41) is 8.60. The molecular weight excluding hydrogens is 320 g/mol. The van der Waals surface area contributed by atoms with E-state index in [0.717, 1.165) is 31.2 Å². The largest absolute Gasteiger partial charge is 0.478 e. The third kappa shape index (κ3) is 10.5. The van der Waals surface area contributed by atoms with Crippen LogP contribution in [-0.4, -0.2) is 37.7 Å². The average molecular weight is 348 g/mol. The van der Waals surface area contributed by atoms with Gasteiger partial charge in [0, 0.05) is 20.3 Å². The molecule has 0 heterocycles. The molecule has 5 heteroatoms. The Morgan fingerprint density at radius 2 is 1.88 bits per heavy atom. The van der Waals surface area contributed by atoms with Crippen molar-refractivity contribution in [1.82, 2.24) is 0 Å². The molecule has 0 fully saturated rings. The average Bonchev–Trinajstić information content (AvgIpc) is 2.63. The zero-order valence-electron chi connectivity index (χ0n) is 15.0. The highest BCUT2D eigenvalue weighted by molar-refractivity contribution is 5.79. The summed E-state index contributed by atoms with van der Waals surface area (Å²) in [4.78, 5) is 10.5. The van der Waals surface area contributed by atoms with Crippen LogP contribution >= 0.6 is 0 Å². The first kappa shape index (κ1) is 21.1. The topological polar surface area (TPSA) is 65.0 Å². The molecule has 1 aromatic rings. The molecule has 0 unspecified atom stereocenters. The fraction of sp³-hybridized carbons (Fsp3) is 0.450. The van der Waals surface area contributed by atoms with E-state index in [2.05, 4.69) is 0 Å². The maximum atomic E-state index is 10.5. The van der Waals surface area contributed by atoms with Crippen LogP contribution in [0.25, 0.3) is 0 Å². The number of ether oxygens (including phenoxy) is 3. The molecule has 0 saturated carbocycles. The van der Waals surface area contributed by atoms with Gasteiger partial charge in [-0.05, 0) is 37.3 Å². The number of benzene rings is 1. The highest BCUT2D eigenvalue weighted by atomic mass is 16.7. The fourth-order valence-corrected chi connectivity index (χ4v) is 2.30. The number of carboxylic acids is 1. The van der Waals surface area contributed by atoms with Gasteiger partial charge in [0.1, 0.15) is 0 Å². The molecule has 1 atom stereocenters.